The maximum Gasteiger partial charge on any atom is 0.240 e. The smallest absolute Gasteiger partial charge is 0.240 e. The molecule has 106 valence electrons. The molecule has 1 aromatic rings. The summed E-state index contributed by atoms with van der Waals surface area (Å²) in [5.41, 5.74) is 0. The summed E-state index contributed by atoms with van der Waals surface area (Å²) in [6.45, 7) is 1.43. The molecule has 0 amide bonds. The molecule has 0 saturated carbocycles. The summed E-state index contributed by atoms with van der Waals surface area (Å²) in [5.74, 6) is 0. The van der Waals surface area contributed by atoms with Gasteiger partial charge in [0.2, 0.25) is 10.0 Å². The van der Waals surface area contributed by atoms with Crippen molar-refractivity contribution < 1.29 is 8.42 Å². The second-order valence-electron chi connectivity index (χ2n) is 4.56. The highest BCUT2D eigenvalue weighted by Crippen LogP contribution is 2.24. The van der Waals surface area contributed by atoms with Gasteiger partial charge in [0, 0.05) is 12.6 Å². The van der Waals surface area contributed by atoms with Gasteiger partial charge in [0.05, 0.1) is 14.9 Å². The van der Waals surface area contributed by atoms with Crippen molar-refractivity contribution >= 4 is 33.2 Å². The molecule has 1 atom stereocenters. The van der Waals surface area contributed by atoms with Crippen molar-refractivity contribution in [3.05, 3.63) is 28.2 Å². The standard InChI is InChI=1S/C12H16Cl2N2O2S/c13-11-4-3-10(8-12(11)14)19(17,18)16-7-5-9-2-1-6-15-9/h3-4,8-9,15-16H,1-2,5-7H2/t9-/m0/s1. The van der Waals surface area contributed by atoms with Gasteiger partial charge in [-0.15, -0.1) is 0 Å². The Morgan fingerprint density at radius 2 is 2.11 bits per heavy atom. The Morgan fingerprint density at radius 3 is 2.74 bits per heavy atom. The lowest BCUT2D eigenvalue weighted by molar-refractivity contribution is 0.539. The quantitative estimate of drug-likeness (QED) is 0.875. The van der Waals surface area contributed by atoms with Gasteiger partial charge in [0.25, 0.3) is 0 Å². The third-order valence-corrected chi connectivity index (χ3v) is 5.35. The van der Waals surface area contributed by atoms with E-state index < -0.39 is 10.0 Å². The first-order valence-corrected chi connectivity index (χ1v) is 8.41. The first kappa shape index (κ1) is 15.1. The number of hydrogen-bond acceptors (Lipinski definition) is 3. The molecule has 2 N–H and O–H groups in total. The van der Waals surface area contributed by atoms with Crippen molar-refractivity contribution in [2.45, 2.75) is 30.2 Å². The molecule has 4 nitrogen and oxygen atoms in total. The zero-order chi connectivity index (χ0) is 13.9. The predicted molar refractivity (Wildman–Crippen MR) is 77.3 cm³/mol. The van der Waals surface area contributed by atoms with Crippen molar-refractivity contribution in [2.75, 3.05) is 13.1 Å². The summed E-state index contributed by atoms with van der Waals surface area (Å²) < 4.78 is 26.7. The lowest BCUT2D eigenvalue weighted by atomic mass is 10.2. The van der Waals surface area contributed by atoms with Crippen LogP contribution in [-0.4, -0.2) is 27.5 Å². The molecule has 0 aromatic heterocycles. The predicted octanol–water partition coefficient (Wildman–Crippen LogP) is 2.41. The third-order valence-electron chi connectivity index (χ3n) is 3.15. The summed E-state index contributed by atoms with van der Waals surface area (Å²) in [4.78, 5) is 0.140. The minimum atomic E-state index is -3.51. The Kier molecular flexibility index (Phi) is 5.09. The van der Waals surface area contributed by atoms with Crippen LogP contribution < -0.4 is 10.0 Å². The Bertz CT molecular complexity index is 543. The van der Waals surface area contributed by atoms with Crippen molar-refractivity contribution in [3.63, 3.8) is 0 Å². The van der Waals surface area contributed by atoms with Crippen LogP contribution in [0.25, 0.3) is 0 Å². The zero-order valence-corrected chi connectivity index (χ0v) is 12.7. The van der Waals surface area contributed by atoms with Gasteiger partial charge >= 0.3 is 0 Å². The molecule has 2 rings (SSSR count). The minimum Gasteiger partial charge on any atom is -0.314 e. The van der Waals surface area contributed by atoms with Gasteiger partial charge in [0.15, 0.2) is 0 Å². The molecule has 1 saturated heterocycles. The highest BCUT2D eigenvalue weighted by atomic mass is 35.5. The average Bonchev–Trinajstić information content (AvgIpc) is 2.85. The van der Waals surface area contributed by atoms with Crippen LogP contribution in [0.15, 0.2) is 23.1 Å². The Hall–Kier alpha value is -0.330. The first-order chi connectivity index (χ1) is 8.99. The molecule has 1 heterocycles. The highest BCUT2D eigenvalue weighted by Gasteiger charge is 2.17. The molecule has 1 aromatic carbocycles. The van der Waals surface area contributed by atoms with E-state index in [4.69, 9.17) is 23.2 Å². The van der Waals surface area contributed by atoms with Crippen LogP contribution in [0.5, 0.6) is 0 Å². The van der Waals surface area contributed by atoms with E-state index in [2.05, 4.69) is 10.0 Å². The molecule has 1 aliphatic heterocycles. The van der Waals surface area contributed by atoms with Crippen molar-refractivity contribution in [3.8, 4) is 0 Å². The second kappa shape index (κ2) is 6.41. The fourth-order valence-corrected chi connectivity index (χ4v) is 3.53. The number of sulfonamides is 1. The van der Waals surface area contributed by atoms with E-state index in [1.54, 1.807) is 0 Å². The maximum absolute atomic E-state index is 12.0. The van der Waals surface area contributed by atoms with Crippen LogP contribution in [0.3, 0.4) is 0 Å². The van der Waals surface area contributed by atoms with Crippen LogP contribution >= 0.6 is 23.2 Å². The normalized spacial score (nSPS) is 19.8. The average molecular weight is 323 g/mol. The molecule has 0 radical (unpaired) electrons. The molecule has 7 heteroatoms. The summed E-state index contributed by atoms with van der Waals surface area (Å²) >= 11 is 11.6. The fourth-order valence-electron chi connectivity index (χ4n) is 2.10. The Labute approximate surface area is 123 Å². The third kappa shape index (κ3) is 4.07. The van der Waals surface area contributed by atoms with E-state index >= 15 is 0 Å². The minimum absolute atomic E-state index is 0.140. The van der Waals surface area contributed by atoms with Gasteiger partial charge in [0.1, 0.15) is 0 Å². The number of benzene rings is 1. The highest BCUT2D eigenvalue weighted by molar-refractivity contribution is 7.89. The van der Waals surface area contributed by atoms with Crippen LogP contribution in [0.1, 0.15) is 19.3 Å². The number of hydrogen-bond donors (Lipinski definition) is 2. The van der Waals surface area contributed by atoms with Crippen LogP contribution in [0.2, 0.25) is 10.0 Å². The van der Waals surface area contributed by atoms with Gasteiger partial charge in [-0.1, -0.05) is 23.2 Å². The van der Waals surface area contributed by atoms with Gasteiger partial charge < -0.3 is 5.32 Å². The van der Waals surface area contributed by atoms with Crippen LogP contribution in [0, 0.1) is 0 Å². The molecule has 0 unspecified atom stereocenters. The second-order valence-corrected chi connectivity index (χ2v) is 7.14. The molecule has 1 aliphatic rings. The van der Waals surface area contributed by atoms with E-state index in [-0.39, 0.29) is 9.92 Å². The van der Waals surface area contributed by atoms with Gasteiger partial charge in [-0.2, -0.15) is 0 Å². The first-order valence-electron chi connectivity index (χ1n) is 6.17. The number of nitrogens with one attached hydrogen (secondary N) is 2. The molecular formula is C12H16Cl2N2O2S. The number of halogens is 2. The summed E-state index contributed by atoms with van der Waals surface area (Å²) in [6.07, 6.45) is 3.05. The Morgan fingerprint density at radius 1 is 1.32 bits per heavy atom. The zero-order valence-electron chi connectivity index (χ0n) is 10.3. The van der Waals surface area contributed by atoms with Crippen molar-refractivity contribution in [2.24, 2.45) is 0 Å². The SMILES string of the molecule is O=S(=O)(NCC[C@@H]1CCCN1)c1ccc(Cl)c(Cl)c1. The lowest BCUT2D eigenvalue weighted by Crippen LogP contribution is -2.30. The molecule has 0 spiro atoms. The van der Waals surface area contributed by atoms with E-state index in [0.29, 0.717) is 17.6 Å². The molecule has 0 aliphatic carbocycles. The van der Waals surface area contributed by atoms with Gasteiger partial charge in [-0.05, 0) is 44.0 Å². The topological polar surface area (TPSA) is 58.2 Å². The van der Waals surface area contributed by atoms with E-state index in [1.165, 1.54) is 18.2 Å². The summed E-state index contributed by atoms with van der Waals surface area (Å²) in [7, 11) is -3.51. The molecule has 1 fully saturated rings. The summed E-state index contributed by atoms with van der Waals surface area (Å²) in [5, 5.41) is 3.91. The lowest BCUT2D eigenvalue weighted by Gasteiger charge is -2.11. The van der Waals surface area contributed by atoms with E-state index in [9.17, 15) is 8.42 Å². The van der Waals surface area contributed by atoms with E-state index in [0.717, 1.165) is 25.8 Å². The van der Waals surface area contributed by atoms with Crippen LogP contribution in [0.4, 0.5) is 0 Å². The van der Waals surface area contributed by atoms with Crippen molar-refractivity contribution in [1.82, 2.24) is 10.0 Å². The van der Waals surface area contributed by atoms with Gasteiger partial charge in [-0.25, -0.2) is 13.1 Å². The van der Waals surface area contributed by atoms with Crippen molar-refractivity contribution in [1.29, 1.82) is 0 Å². The maximum atomic E-state index is 12.0. The van der Waals surface area contributed by atoms with Crippen LogP contribution in [-0.2, 0) is 10.0 Å². The molecular weight excluding hydrogens is 307 g/mol. The Balaban J connectivity index is 1.95. The fraction of sp³-hybridized carbons (Fsp3) is 0.500. The van der Waals surface area contributed by atoms with E-state index in [1.807, 2.05) is 0 Å². The number of rotatable bonds is 5. The molecule has 19 heavy (non-hydrogen) atoms. The largest absolute Gasteiger partial charge is 0.314 e. The summed E-state index contributed by atoms with van der Waals surface area (Å²) in [6, 6.07) is 4.71. The molecule has 0 bridgehead atoms. The monoisotopic (exact) mass is 322 g/mol. The van der Waals surface area contributed by atoms with Gasteiger partial charge in [-0.3, -0.25) is 0 Å².